The highest BCUT2D eigenvalue weighted by Crippen LogP contribution is 2.39. The Morgan fingerprint density at radius 3 is 2.68 bits per heavy atom. The van der Waals surface area contributed by atoms with Gasteiger partial charge >= 0.3 is 0 Å². The van der Waals surface area contributed by atoms with E-state index in [9.17, 15) is 19.8 Å². The lowest BCUT2D eigenvalue weighted by Crippen LogP contribution is -2.68. The summed E-state index contributed by atoms with van der Waals surface area (Å²) in [7, 11) is 0. The Kier molecular flexibility index (Phi) is 8.93. The van der Waals surface area contributed by atoms with Gasteiger partial charge in [-0.05, 0) is 13.0 Å². The molecule has 0 radical (unpaired) electrons. The van der Waals surface area contributed by atoms with Crippen molar-refractivity contribution in [3.8, 4) is 0 Å². The standard InChI is InChI=1S/C20H33N3O8/c1-14(24)2-3-15(25)22-6-9-28-10-11-29-12-20-13-30-19(31-20)16(17(26)18(20)27)23-7-4-21-5-8-23/h2-3,16-19,21,26-27H,4-13H2,1H3,(H,22,25)/b3-2+/t16-,17+,18+,19-,20-/m0/s1. The van der Waals surface area contributed by atoms with Crippen LogP contribution in [0.2, 0.25) is 0 Å². The smallest absolute Gasteiger partial charge is 0.244 e. The highest BCUT2D eigenvalue weighted by Gasteiger charge is 2.60. The highest BCUT2D eigenvalue weighted by atomic mass is 16.8. The molecule has 5 atom stereocenters. The van der Waals surface area contributed by atoms with Crippen LogP contribution < -0.4 is 10.6 Å². The zero-order chi connectivity index (χ0) is 22.3. The summed E-state index contributed by atoms with van der Waals surface area (Å²) >= 11 is 0. The molecular weight excluding hydrogens is 410 g/mol. The van der Waals surface area contributed by atoms with Crippen LogP contribution in [-0.2, 0) is 28.5 Å². The number of aliphatic hydroxyl groups is 2. The summed E-state index contributed by atoms with van der Waals surface area (Å²) < 4.78 is 22.8. The van der Waals surface area contributed by atoms with Gasteiger partial charge in [-0.2, -0.15) is 0 Å². The fourth-order valence-corrected chi connectivity index (χ4v) is 4.00. The maximum atomic E-state index is 11.4. The fourth-order valence-electron chi connectivity index (χ4n) is 4.00. The molecule has 0 saturated carbocycles. The molecule has 3 aliphatic rings. The van der Waals surface area contributed by atoms with Gasteiger partial charge in [0.05, 0.1) is 39.1 Å². The first-order valence-electron chi connectivity index (χ1n) is 10.7. The molecule has 0 unspecified atom stereocenters. The number of fused-ring (bicyclic) bond motifs is 2. The van der Waals surface area contributed by atoms with Crippen LogP contribution in [0.4, 0.5) is 0 Å². The SMILES string of the molecule is CC(=O)/C=C/C(=O)NCCOCCOC[C@@]12CO[C@@H](O1)[C@@H](N1CCNCC1)[C@@H](O)[C@H]2O. The molecule has 3 heterocycles. The van der Waals surface area contributed by atoms with Crippen molar-refractivity contribution >= 4 is 11.7 Å². The second kappa shape index (κ2) is 11.4. The number of ether oxygens (including phenoxy) is 4. The number of hydrogen-bond donors (Lipinski definition) is 4. The summed E-state index contributed by atoms with van der Waals surface area (Å²) in [4.78, 5) is 24.3. The number of nitrogens with zero attached hydrogens (tertiary/aromatic N) is 1. The van der Waals surface area contributed by atoms with Crippen molar-refractivity contribution in [1.29, 1.82) is 0 Å². The predicted molar refractivity (Wildman–Crippen MR) is 108 cm³/mol. The molecule has 3 rings (SSSR count). The lowest BCUT2D eigenvalue weighted by Gasteiger charge is -2.47. The maximum Gasteiger partial charge on any atom is 0.244 e. The third kappa shape index (κ3) is 6.30. The Hall–Kier alpha value is -1.44. The van der Waals surface area contributed by atoms with Gasteiger partial charge < -0.3 is 39.8 Å². The third-order valence-corrected chi connectivity index (χ3v) is 5.64. The summed E-state index contributed by atoms with van der Waals surface area (Å²) in [5.74, 6) is -0.549. The van der Waals surface area contributed by atoms with E-state index in [1.54, 1.807) is 0 Å². The number of aliphatic hydroxyl groups excluding tert-OH is 2. The first kappa shape index (κ1) is 24.2. The summed E-state index contributed by atoms with van der Waals surface area (Å²) in [5.41, 5.74) is -1.09. The van der Waals surface area contributed by atoms with Gasteiger partial charge in [-0.15, -0.1) is 0 Å². The molecule has 1 amide bonds. The van der Waals surface area contributed by atoms with E-state index in [1.807, 2.05) is 0 Å². The summed E-state index contributed by atoms with van der Waals surface area (Å²) in [6, 6.07) is -0.406. The summed E-state index contributed by atoms with van der Waals surface area (Å²) in [6.07, 6.45) is -0.328. The van der Waals surface area contributed by atoms with E-state index in [-0.39, 0.29) is 31.5 Å². The van der Waals surface area contributed by atoms with E-state index in [1.165, 1.54) is 19.1 Å². The van der Waals surface area contributed by atoms with Gasteiger partial charge in [0.1, 0.15) is 17.8 Å². The van der Waals surface area contributed by atoms with Crippen molar-refractivity contribution in [2.75, 3.05) is 65.8 Å². The van der Waals surface area contributed by atoms with E-state index < -0.39 is 30.1 Å². The van der Waals surface area contributed by atoms with Gasteiger partial charge in [0.2, 0.25) is 5.91 Å². The first-order valence-corrected chi connectivity index (χ1v) is 10.7. The third-order valence-electron chi connectivity index (χ3n) is 5.64. The van der Waals surface area contributed by atoms with Gasteiger partial charge in [-0.25, -0.2) is 0 Å². The molecule has 0 aromatic rings. The minimum absolute atomic E-state index is 0.0753. The van der Waals surface area contributed by atoms with Gasteiger partial charge in [-0.3, -0.25) is 14.5 Å². The van der Waals surface area contributed by atoms with Crippen LogP contribution >= 0.6 is 0 Å². The largest absolute Gasteiger partial charge is 0.388 e. The zero-order valence-corrected chi connectivity index (χ0v) is 17.8. The fraction of sp³-hybridized carbons (Fsp3) is 0.800. The van der Waals surface area contributed by atoms with Crippen molar-refractivity contribution in [3.05, 3.63) is 12.2 Å². The van der Waals surface area contributed by atoms with E-state index in [0.29, 0.717) is 19.8 Å². The Bertz CT molecular complexity index is 642. The lowest BCUT2D eigenvalue weighted by molar-refractivity contribution is -0.256. The van der Waals surface area contributed by atoms with Crippen LogP contribution in [0.5, 0.6) is 0 Å². The number of ketones is 1. The summed E-state index contributed by atoms with van der Waals surface area (Å²) in [5, 5.41) is 27.3. The Morgan fingerprint density at radius 1 is 1.19 bits per heavy atom. The molecular formula is C20H33N3O8. The monoisotopic (exact) mass is 443 g/mol. The van der Waals surface area contributed by atoms with Crippen LogP contribution in [0.15, 0.2) is 12.2 Å². The normalized spacial score (nSPS) is 33.6. The minimum atomic E-state index is -1.12. The molecule has 11 heteroatoms. The van der Waals surface area contributed by atoms with E-state index in [2.05, 4.69) is 15.5 Å². The molecule has 11 nitrogen and oxygen atoms in total. The number of nitrogens with one attached hydrogen (secondary N) is 2. The first-order chi connectivity index (χ1) is 14.9. The van der Waals surface area contributed by atoms with Crippen LogP contribution in [0.3, 0.4) is 0 Å². The number of carbonyl (C=O) groups is 2. The average Bonchev–Trinajstić information content (AvgIpc) is 3.15. The molecule has 3 fully saturated rings. The molecule has 31 heavy (non-hydrogen) atoms. The topological polar surface area (TPSA) is 139 Å². The lowest BCUT2D eigenvalue weighted by atomic mass is 9.87. The zero-order valence-electron chi connectivity index (χ0n) is 17.8. The van der Waals surface area contributed by atoms with Crippen LogP contribution in [0, 0.1) is 0 Å². The number of piperazine rings is 1. The Balaban J connectivity index is 1.33. The molecule has 0 spiro atoms. The van der Waals surface area contributed by atoms with Gasteiger partial charge in [0, 0.05) is 38.8 Å². The summed E-state index contributed by atoms with van der Waals surface area (Å²) in [6.45, 7) is 5.90. The minimum Gasteiger partial charge on any atom is -0.388 e. The number of allylic oxidation sites excluding steroid dienone is 1. The number of carbonyl (C=O) groups excluding carboxylic acids is 2. The van der Waals surface area contributed by atoms with Crippen molar-refractivity contribution in [2.45, 2.75) is 37.1 Å². The van der Waals surface area contributed by atoms with Crippen LogP contribution in [0.1, 0.15) is 6.92 Å². The molecule has 0 aromatic carbocycles. The predicted octanol–water partition coefficient (Wildman–Crippen LogP) is -2.60. The van der Waals surface area contributed by atoms with Gasteiger partial charge in [-0.1, -0.05) is 0 Å². The number of hydrogen-bond acceptors (Lipinski definition) is 10. The van der Waals surface area contributed by atoms with Crippen molar-refractivity contribution in [1.82, 2.24) is 15.5 Å². The van der Waals surface area contributed by atoms with Crippen molar-refractivity contribution in [3.63, 3.8) is 0 Å². The van der Waals surface area contributed by atoms with Crippen LogP contribution in [-0.4, -0.2) is 123 Å². The maximum absolute atomic E-state index is 11.4. The molecule has 3 aliphatic heterocycles. The molecule has 176 valence electrons. The van der Waals surface area contributed by atoms with E-state index in [0.717, 1.165) is 26.2 Å². The van der Waals surface area contributed by atoms with Crippen LogP contribution in [0.25, 0.3) is 0 Å². The second-order valence-electron chi connectivity index (χ2n) is 7.97. The Labute approximate surface area is 181 Å². The van der Waals surface area contributed by atoms with Gasteiger partial charge in [0.25, 0.3) is 0 Å². The highest BCUT2D eigenvalue weighted by molar-refractivity contribution is 5.96. The molecule has 0 aromatic heterocycles. The molecule has 2 bridgehead atoms. The molecule has 4 N–H and O–H groups in total. The second-order valence-corrected chi connectivity index (χ2v) is 7.97. The number of amides is 1. The van der Waals surface area contributed by atoms with Crippen molar-refractivity contribution < 1.29 is 38.7 Å². The molecule has 0 aliphatic carbocycles. The Morgan fingerprint density at radius 2 is 1.94 bits per heavy atom. The van der Waals surface area contributed by atoms with Gasteiger partial charge in [0.15, 0.2) is 12.1 Å². The average molecular weight is 443 g/mol. The quantitative estimate of drug-likeness (QED) is 0.199. The number of rotatable bonds is 11. The molecule has 3 saturated heterocycles. The van der Waals surface area contributed by atoms with E-state index >= 15 is 0 Å². The van der Waals surface area contributed by atoms with Crippen molar-refractivity contribution in [2.24, 2.45) is 0 Å². The van der Waals surface area contributed by atoms with E-state index in [4.69, 9.17) is 18.9 Å².